The van der Waals surface area contributed by atoms with Crippen LogP contribution in [0.3, 0.4) is 0 Å². The number of amides is 2. The molecule has 0 aromatic heterocycles. The molecule has 4 nitrogen and oxygen atoms in total. The van der Waals surface area contributed by atoms with E-state index in [0.717, 1.165) is 35.8 Å². The maximum Gasteiger partial charge on any atom is 0.324 e. The van der Waals surface area contributed by atoms with Crippen molar-refractivity contribution < 1.29 is 9.90 Å². The molecule has 0 atom stereocenters. The summed E-state index contributed by atoms with van der Waals surface area (Å²) in [5.41, 5.74) is 1.18. The van der Waals surface area contributed by atoms with Gasteiger partial charge in [0.05, 0.1) is 0 Å². The van der Waals surface area contributed by atoms with Crippen LogP contribution in [0.4, 0.5) is 4.79 Å². The molecule has 3 N–H and O–H groups in total. The van der Waals surface area contributed by atoms with E-state index in [1.165, 1.54) is 17.5 Å². The van der Waals surface area contributed by atoms with Crippen LogP contribution in [-0.4, -0.2) is 23.4 Å². The van der Waals surface area contributed by atoms with Crippen molar-refractivity contribution in [3.05, 3.63) is 42.0 Å². The molecule has 22 heavy (non-hydrogen) atoms. The summed E-state index contributed by atoms with van der Waals surface area (Å²) in [4.78, 5) is 11.5. The van der Waals surface area contributed by atoms with E-state index in [4.69, 9.17) is 0 Å². The van der Waals surface area contributed by atoms with E-state index in [0.29, 0.717) is 6.54 Å². The molecule has 0 saturated heterocycles. The minimum absolute atomic E-state index is 0.131. The Hall–Kier alpha value is -1.88. The topological polar surface area (TPSA) is 61.4 Å². The van der Waals surface area contributed by atoms with Gasteiger partial charge >= 0.3 is 6.03 Å². The molecule has 0 aliphatic rings. The fourth-order valence-corrected chi connectivity index (χ4v) is 2.86. The maximum absolute atomic E-state index is 11.5. The van der Waals surface area contributed by atoms with E-state index < -0.39 is 0 Å². The zero-order chi connectivity index (χ0) is 15.8. The quantitative estimate of drug-likeness (QED) is 0.537. The van der Waals surface area contributed by atoms with Crippen LogP contribution in [0.15, 0.2) is 36.4 Å². The first-order valence-corrected chi connectivity index (χ1v) is 8.55. The number of phenolic OH excluding ortho intramolecular Hbond substituents is 1. The number of nitrogens with one attached hydrogen (secondary N) is 2. The first kappa shape index (κ1) is 16.5. The third kappa shape index (κ3) is 4.84. The minimum Gasteiger partial charge on any atom is -0.508 e. The molecule has 0 aliphatic heterocycles. The van der Waals surface area contributed by atoms with Gasteiger partial charge in [0.25, 0.3) is 0 Å². The highest BCUT2D eigenvalue weighted by atomic mass is 32.2. The summed E-state index contributed by atoms with van der Waals surface area (Å²) in [6.07, 6.45) is 2.90. The third-order valence-corrected chi connectivity index (χ3v) is 4.15. The van der Waals surface area contributed by atoms with Crippen LogP contribution in [0.25, 0.3) is 10.8 Å². The molecule has 0 unspecified atom stereocenters. The van der Waals surface area contributed by atoms with Crippen LogP contribution in [0.1, 0.15) is 25.3 Å². The number of urea groups is 1. The van der Waals surface area contributed by atoms with Crippen molar-refractivity contribution in [2.45, 2.75) is 26.2 Å². The standard InChI is InChI=1S/C17H22N2O2S/c1-2-3-10-18-17(21)19-22-11-9-14-6-4-5-13-7-8-15(20)12-16(13)14/h4-8,12,20H,2-3,9-11H2,1H3,(H2,18,19,21). The number of hydrogen-bond acceptors (Lipinski definition) is 3. The molecule has 0 aliphatic carbocycles. The molecule has 0 radical (unpaired) electrons. The van der Waals surface area contributed by atoms with Crippen molar-refractivity contribution in [3.8, 4) is 5.75 Å². The molecule has 0 fully saturated rings. The summed E-state index contributed by atoms with van der Waals surface area (Å²) in [6, 6.07) is 11.4. The number of rotatable bonds is 7. The van der Waals surface area contributed by atoms with E-state index in [9.17, 15) is 9.90 Å². The van der Waals surface area contributed by atoms with Gasteiger partial charge in [-0.25, -0.2) is 4.79 Å². The van der Waals surface area contributed by atoms with Crippen molar-refractivity contribution in [1.82, 2.24) is 10.0 Å². The second-order valence-electron chi connectivity index (χ2n) is 5.13. The van der Waals surface area contributed by atoms with Gasteiger partial charge in [-0.15, -0.1) is 0 Å². The number of phenols is 1. The number of aryl methyl sites for hydroxylation is 1. The van der Waals surface area contributed by atoms with Crippen molar-refractivity contribution in [2.75, 3.05) is 12.3 Å². The van der Waals surface area contributed by atoms with Crippen LogP contribution in [0.5, 0.6) is 5.75 Å². The molecule has 2 rings (SSSR count). The summed E-state index contributed by atoms with van der Waals surface area (Å²) in [5, 5.41) is 14.6. The van der Waals surface area contributed by atoms with Gasteiger partial charge in [0.15, 0.2) is 0 Å². The lowest BCUT2D eigenvalue weighted by Gasteiger charge is -2.08. The van der Waals surface area contributed by atoms with E-state index >= 15 is 0 Å². The van der Waals surface area contributed by atoms with Gasteiger partial charge in [0.1, 0.15) is 5.75 Å². The van der Waals surface area contributed by atoms with Gasteiger partial charge in [-0.3, -0.25) is 4.72 Å². The molecule has 0 spiro atoms. The largest absolute Gasteiger partial charge is 0.508 e. The van der Waals surface area contributed by atoms with Crippen molar-refractivity contribution in [1.29, 1.82) is 0 Å². The third-order valence-electron chi connectivity index (χ3n) is 3.41. The smallest absolute Gasteiger partial charge is 0.324 e. The highest BCUT2D eigenvalue weighted by Gasteiger charge is 2.03. The fraction of sp³-hybridized carbons (Fsp3) is 0.353. The molecule has 5 heteroatoms. The van der Waals surface area contributed by atoms with Crippen LogP contribution >= 0.6 is 11.9 Å². The zero-order valence-electron chi connectivity index (χ0n) is 12.8. The molecular formula is C17H22N2O2S. The predicted molar refractivity (Wildman–Crippen MR) is 93.2 cm³/mol. The Morgan fingerprint density at radius 1 is 1.27 bits per heavy atom. The average molecular weight is 318 g/mol. The van der Waals surface area contributed by atoms with E-state index in [1.807, 2.05) is 18.2 Å². The molecule has 0 bridgehead atoms. The average Bonchev–Trinajstić information content (AvgIpc) is 2.52. The molecule has 2 amide bonds. The van der Waals surface area contributed by atoms with Crippen LogP contribution in [0.2, 0.25) is 0 Å². The van der Waals surface area contributed by atoms with Gasteiger partial charge in [-0.05, 0) is 53.3 Å². The number of carbonyl (C=O) groups is 1. The number of carbonyl (C=O) groups excluding carboxylic acids is 1. The first-order valence-electron chi connectivity index (χ1n) is 7.57. The lowest BCUT2D eigenvalue weighted by molar-refractivity contribution is 0.246. The molecule has 118 valence electrons. The summed E-state index contributed by atoms with van der Waals surface area (Å²) in [5.74, 6) is 1.07. The van der Waals surface area contributed by atoms with Gasteiger partial charge in [0, 0.05) is 12.3 Å². The first-order chi connectivity index (χ1) is 10.7. The van der Waals surface area contributed by atoms with Gasteiger partial charge in [-0.2, -0.15) is 0 Å². The summed E-state index contributed by atoms with van der Waals surface area (Å²) in [7, 11) is 0. The van der Waals surface area contributed by atoms with Gasteiger partial charge in [-0.1, -0.05) is 37.6 Å². The zero-order valence-corrected chi connectivity index (χ0v) is 13.6. The van der Waals surface area contributed by atoms with E-state index in [2.05, 4.69) is 23.0 Å². The highest BCUT2D eigenvalue weighted by molar-refractivity contribution is 7.97. The van der Waals surface area contributed by atoms with Crippen molar-refractivity contribution in [3.63, 3.8) is 0 Å². The molecular weight excluding hydrogens is 296 g/mol. The number of hydrogen-bond donors (Lipinski definition) is 3. The molecule has 2 aromatic rings. The minimum atomic E-state index is -0.131. The van der Waals surface area contributed by atoms with E-state index in [1.54, 1.807) is 12.1 Å². The lowest BCUT2D eigenvalue weighted by atomic mass is 10.0. The Bertz CT molecular complexity index is 631. The van der Waals surface area contributed by atoms with Crippen LogP contribution < -0.4 is 10.0 Å². The van der Waals surface area contributed by atoms with Crippen molar-refractivity contribution in [2.24, 2.45) is 0 Å². The van der Waals surface area contributed by atoms with Crippen molar-refractivity contribution >= 4 is 28.8 Å². The lowest BCUT2D eigenvalue weighted by Crippen LogP contribution is -2.32. The number of aromatic hydroxyl groups is 1. The molecule has 0 heterocycles. The Labute approximate surface area is 135 Å². The number of fused-ring (bicyclic) bond motifs is 1. The summed E-state index contributed by atoms with van der Waals surface area (Å²) in [6.45, 7) is 2.81. The Kier molecular flexibility index (Phi) is 6.40. The highest BCUT2D eigenvalue weighted by Crippen LogP contribution is 2.24. The number of unbranched alkanes of at least 4 members (excludes halogenated alkanes) is 1. The Morgan fingerprint density at radius 2 is 2.14 bits per heavy atom. The second-order valence-corrected chi connectivity index (χ2v) is 6.03. The van der Waals surface area contributed by atoms with Gasteiger partial charge < -0.3 is 10.4 Å². The molecule has 2 aromatic carbocycles. The SMILES string of the molecule is CCCCNC(=O)NSCCc1cccc2ccc(O)cc12. The second kappa shape index (κ2) is 8.54. The summed E-state index contributed by atoms with van der Waals surface area (Å²) >= 11 is 1.40. The van der Waals surface area contributed by atoms with E-state index in [-0.39, 0.29) is 11.8 Å². The normalized spacial score (nSPS) is 10.6. The Morgan fingerprint density at radius 3 is 2.95 bits per heavy atom. The van der Waals surface area contributed by atoms with Crippen LogP contribution in [0, 0.1) is 0 Å². The fourth-order valence-electron chi connectivity index (χ4n) is 2.24. The molecule has 0 saturated carbocycles. The maximum atomic E-state index is 11.5. The predicted octanol–water partition coefficient (Wildman–Crippen LogP) is 3.84. The summed E-state index contributed by atoms with van der Waals surface area (Å²) < 4.78 is 2.79. The Balaban J connectivity index is 1.82. The van der Waals surface area contributed by atoms with Crippen LogP contribution in [-0.2, 0) is 6.42 Å². The van der Waals surface area contributed by atoms with Gasteiger partial charge in [0.2, 0.25) is 0 Å². The number of benzene rings is 2. The monoisotopic (exact) mass is 318 g/mol.